The lowest BCUT2D eigenvalue weighted by Gasteiger charge is -2.28. The molecule has 1 N–H and O–H groups in total. The van der Waals surface area contributed by atoms with E-state index in [1.807, 2.05) is 7.05 Å². The Kier molecular flexibility index (Phi) is 6.87. The van der Waals surface area contributed by atoms with E-state index in [1.54, 1.807) is 4.90 Å². The van der Waals surface area contributed by atoms with Crippen molar-refractivity contribution in [1.29, 1.82) is 0 Å². The van der Waals surface area contributed by atoms with Gasteiger partial charge in [0.25, 0.3) is 11.8 Å². The molecule has 1 aromatic heterocycles. The van der Waals surface area contributed by atoms with E-state index in [2.05, 4.69) is 10.2 Å². The first-order chi connectivity index (χ1) is 15.7. The maximum atomic E-state index is 13.4. The second kappa shape index (κ2) is 9.51. The summed E-state index contributed by atoms with van der Waals surface area (Å²) in [7, 11) is 1.37. The highest BCUT2D eigenvalue weighted by Crippen LogP contribution is 2.38. The number of likely N-dealkylation sites (N-methyl/N-ethyl adjacent to an activating group) is 1. The van der Waals surface area contributed by atoms with E-state index in [-0.39, 0.29) is 16.7 Å². The molecule has 0 atom stereocenters. The van der Waals surface area contributed by atoms with Crippen LogP contribution in [-0.2, 0) is 27.7 Å². The number of ether oxygens (including phenoxy) is 1. The van der Waals surface area contributed by atoms with Crippen molar-refractivity contribution in [3.8, 4) is 0 Å². The lowest BCUT2D eigenvalue weighted by Crippen LogP contribution is -2.41. The average Bonchev–Trinajstić information content (AvgIpc) is 3.15. The Labute approximate surface area is 198 Å². The van der Waals surface area contributed by atoms with E-state index in [0.717, 1.165) is 34.3 Å². The monoisotopic (exact) mass is 492 g/mol. The lowest BCUT2D eigenvalue weighted by molar-refractivity contribution is 0.0303. The van der Waals surface area contributed by atoms with Crippen LogP contribution < -0.4 is 5.32 Å². The van der Waals surface area contributed by atoms with Crippen molar-refractivity contribution in [3.05, 3.63) is 45.8 Å². The molecule has 1 aromatic carbocycles. The lowest BCUT2D eigenvalue weighted by atomic mass is 10.0. The summed E-state index contributed by atoms with van der Waals surface area (Å²) in [6, 6.07) is 5.80. The Hall–Kier alpha value is -2.31. The Balaban J connectivity index is 1.62. The Morgan fingerprint density at radius 2 is 1.76 bits per heavy atom. The number of nitrogens with one attached hydrogen (secondary N) is 1. The number of rotatable bonds is 5. The van der Waals surface area contributed by atoms with Crippen molar-refractivity contribution in [1.82, 2.24) is 14.1 Å². The average molecular weight is 493 g/mol. The molecule has 2 amide bonds. The van der Waals surface area contributed by atoms with Crippen LogP contribution in [0, 0.1) is 0 Å². The quantitative estimate of drug-likeness (QED) is 0.682. The summed E-state index contributed by atoms with van der Waals surface area (Å²) in [5.41, 5.74) is 1.91. The SMILES string of the molecule is CN1CCc2c(sc(NC(=O)c3ccc(S(=O)(=O)N(C)C)cc3)c2C(=O)N2CCOCC2)C1. The highest BCUT2D eigenvalue weighted by atomic mass is 32.2. The molecule has 4 rings (SSSR count). The van der Waals surface area contributed by atoms with Crippen molar-refractivity contribution in [2.24, 2.45) is 0 Å². The van der Waals surface area contributed by atoms with Gasteiger partial charge in [-0.15, -0.1) is 11.3 Å². The maximum Gasteiger partial charge on any atom is 0.257 e. The van der Waals surface area contributed by atoms with Crippen LogP contribution in [0.2, 0.25) is 0 Å². The van der Waals surface area contributed by atoms with Crippen LogP contribution in [0.5, 0.6) is 0 Å². The van der Waals surface area contributed by atoms with Crippen LogP contribution in [0.25, 0.3) is 0 Å². The predicted octanol–water partition coefficient (Wildman–Crippen LogP) is 1.71. The third kappa shape index (κ3) is 4.82. The normalized spacial score (nSPS) is 17.2. The van der Waals surface area contributed by atoms with E-state index in [0.29, 0.717) is 42.4 Å². The van der Waals surface area contributed by atoms with Crippen LogP contribution >= 0.6 is 11.3 Å². The molecule has 0 radical (unpaired) electrons. The molecule has 0 saturated carbocycles. The number of fused-ring (bicyclic) bond motifs is 1. The van der Waals surface area contributed by atoms with Gasteiger partial charge in [0.15, 0.2) is 0 Å². The Morgan fingerprint density at radius 1 is 1.09 bits per heavy atom. The predicted molar refractivity (Wildman–Crippen MR) is 126 cm³/mol. The topological polar surface area (TPSA) is 99.3 Å². The van der Waals surface area contributed by atoms with Crippen molar-refractivity contribution in [2.45, 2.75) is 17.9 Å². The molecule has 1 saturated heterocycles. The second-order valence-corrected chi connectivity index (χ2v) is 11.6. The van der Waals surface area contributed by atoms with Crippen molar-refractivity contribution >= 4 is 38.2 Å². The number of nitrogens with zero attached hydrogens (tertiary/aromatic N) is 3. The van der Waals surface area contributed by atoms with Gasteiger partial charge in [-0.3, -0.25) is 9.59 Å². The summed E-state index contributed by atoms with van der Waals surface area (Å²) in [6.07, 6.45) is 0.751. The van der Waals surface area contributed by atoms with E-state index in [4.69, 9.17) is 4.74 Å². The van der Waals surface area contributed by atoms with Gasteiger partial charge in [0.05, 0.1) is 23.7 Å². The number of thiophene rings is 1. The van der Waals surface area contributed by atoms with Crippen LogP contribution in [0.1, 0.15) is 31.2 Å². The largest absolute Gasteiger partial charge is 0.378 e. The number of morpholine rings is 1. The Bertz CT molecular complexity index is 1150. The Morgan fingerprint density at radius 3 is 2.39 bits per heavy atom. The summed E-state index contributed by atoms with van der Waals surface area (Å²) in [4.78, 5) is 31.6. The number of sulfonamides is 1. The molecule has 11 heteroatoms. The van der Waals surface area contributed by atoms with Gasteiger partial charge in [0, 0.05) is 50.7 Å². The highest BCUT2D eigenvalue weighted by molar-refractivity contribution is 7.89. The number of carbonyl (C=O) groups excluding carboxylic acids is 2. The number of hydrogen-bond acceptors (Lipinski definition) is 7. The van der Waals surface area contributed by atoms with Gasteiger partial charge in [-0.25, -0.2) is 12.7 Å². The third-order valence-electron chi connectivity index (χ3n) is 5.88. The molecule has 0 aliphatic carbocycles. The number of carbonyl (C=O) groups is 2. The molecule has 0 spiro atoms. The minimum absolute atomic E-state index is 0.0805. The van der Waals surface area contributed by atoms with Gasteiger partial charge in [-0.1, -0.05) is 0 Å². The molecule has 9 nitrogen and oxygen atoms in total. The fourth-order valence-electron chi connectivity index (χ4n) is 3.93. The second-order valence-electron chi connectivity index (χ2n) is 8.37. The van der Waals surface area contributed by atoms with Gasteiger partial charge in [-0.2, -0.15) is 0 Å². The zero-order chi connectivity index (χ0) is 23.8. The van der Waals surface area contributed by atoms with Crippen LogP contribution in [0.3, 0.4) is 0 Å². The number of hydrogen-bond donors (Lipinski definition) is 1. The number of amides is 2. The van der Waals surface area contributed by atoms with E-state index in [1.165, 1.54) is 49.7 Å². The highest BCUT2D eigenvalue weighted by Gasteiger charge is 2.31. The molecule has 178 valence electrons. The molecule has 2 aliphatic rings. The maximum absolute atomic E-state index is 13.4. The molecule has 0 unspecified atom stereocenters. The summed E-state index contributed by atoms with van der Waals surface area (Å²) >= 11 is 1.44. The molecular formula is C22H28N4O5S2. The molecule has 33 heavy (non-hydrogen) atoms. The zero-order valence-corrected chi connectivity index (χ0v) is 20.6. The van der Waals surface area contributed by atoms with Gasteiger partial charge in [0.2, 0.25) is 10.0 Å². The van der Waals surface area contributed by atoms with Gasteiger partial charge in [-0.05, 0) is 43.3 Å². The van der Waals surface area contributed by atoms with E-state index in [9.17, 15) is 18.0 Å². The molecular weight excluding hydrogens is 464 g/mol. The first kappa shape index (κ1) is 23.8. The van der Waals surface area contributed by atoms with Gasteiger partial charge < -0.3 is 19.9 Å². The third-order valence-corrected chi connectivity index (χ3v) is 8.84. The minimum Gasteiger partial charge on any atom is -0.378 e. The number of benzene rings is 1. The van der Waals surface area contributed by atoms with Crippen LogP contribution in [0.4, 0.5) is 5.00 Å². The summed E-state index contributed by atoms with van der Waals surface area (Å²) < 4.78 is 31.1. The first-order valence-electron chi connectivity index (χ1n) is 10.7. The summed E-state index contributed by atoms with van der Waals surface area (Å²) in [6.45, 7) is 3.64. The molecule has 2 aromatic rings. The molecule has 3 heterocycles. The van der Waals surface area contributed by atoms with Crippen molar-refractivity contribution in [2.75, 3.05) is 59.3 Å². The smallest absolute Gasteiger partial charge is 0.257 e. The van der Waals surface area contributed by atoms with Crippen molar-refractivity contribution < 1.29 is 22.7 Å². The molecule has 0 bridgehead atoms. The standard InChI is InChI=1S/C22H28N4O5S2/c1-24(2)33(29,30)16-6-4-15(5-7-16)20(27)23-21-19(22(28)26-10-12-31-13-11-26)17-8-9-25(3)14-18(17)32-21/h4-7H,8-14H2,1-3H3,(H,23,27). The van der Waals surface area contributed by atoms with Crippen LogP contribution in [0.15, 0.2) is 29.2 Å². The summed E-state index contributed by atoms with van der Waals surface area (Å²) in [5.74, 6) is -0.463. The molecule has 1 fully saturated rings. The molecule has 2 aliphatic heterocycles. The van der Waals surface area contributed by atoms with Crippen molar-refractivity contribution in [3.63, 3.8) is 0 Å². The fraction of sp³-hybridized carbons (Fsp3) is 0.455. The summed E-state index contributed by atoms with van der Waals surface area (Å²) in [5, 5.41) is 3.47. The van der Waals surface area contributed by atoms with Crippen LogP contribution in [-0.4, -0.2) is 88.3 Å². The van der Waals surface area contributed by atoms with E-state index < -0.39 is 10.0 Å². The van der Waals surface area contributed by atoms with Gasteiger partial charge in [0.1, 0.15) is 5.00 Å². The zero-order valence-electron chi connectivity index (χ0n) is 19.0. The van der Waals surface area contributed by atoms with E-state index >= 15 is 0 Å². The fourth-order valence-corrected chi connectivity index (χ4v) is 6.15. The minimum atomic E-state index is -3.58. The van der Waals surface area contributed by atoms with Gasteiger partial charge >= 0.3 is 0 Å². The first-order valence-corrected chi connectivity index (χ1v) is 13.0. The number of anilines is 1.